The molecule has 2 heterocycles. The summed E-state index contributed by atoms with van der Waals surface area (Å²) in [7, 11) is 0. The highest BCUT2D eigenvalue weighted by atomic mass is 16.3. The van der Waals surface area contributed by atoms with Gasteiger partial charge in [-0.2, -0.15) is 0 Å². The van der Waals surface area contributed by atoms with Crippen molar-refractivity contribution in [2.75, 3.05) is 5.32 Å². The molecule has 1 aromatic heterocycles. The Bertz CT molecular complexity index is 881. The van der Waals surface area contributed by atoms with Crippen molar-refractivity contribution in [3.05, 3.63) is 65.4 Å². The van der Waals surface area contributed by atoms with Gasteiger partial charge in [-0.25, -0.2) is 0 Å². The van der Waals surface area contributed by atoms with Crippen molar-refractivity contribution in [1.29, 1.82) is 0 Å². The summed E-state index contributed by atoms with van der Waals surface area (Å²) in [5.41, 5.74) is 1.94. The molecule has 1 aliphatic rings. The number of benzene rings is 2. The maximum Gasteiger partial charge on any atom is 0.265 e. The molecule has 0 radical (unpaired) electrons. The zero-order valence-corrected chi connectivity index (χ0v) is 11.5. The first-order chi connectivity index (χ1) is 10.1. The molecule has 21 heavy (non-hydrogen) atoms. The normalized spacial score (nSPS) is 20.6. The van der Waals surface area contributed by atoms with Crippen molar-refractivity contribution in [3.63, 3.8) is 0 Å². The van der Waals surface area contributed by atoms with E-state index < -0.39 is 11.5 Å². The number of hydrogen-bond donors (Lipinski definition) is 3. The molecule has 104 valence electrons. The number of aliphatic hydroxyl groups is 1. The topological polar surface area (TPSA) is 65.1 Å². The molecule has 0 aliphatic carbocycles. The molecule has 4 rings (SSSR count). The molecule has 4 nitrogen and oxygen atoms in total. The molecular formula is C17H14N2O2. The fourth-order valence-electron chi connectivity index (χ4n) is 3.23. The van der Waals surface area contributed by atoms with E-state index in [1.807, 2.05) is 43.3 Å². The minimum Gasteiger partial charge on any atom is -0.372 e. The molecule has 3 aromatic rings. The molecule has 0 saturated carbocycles. The van der Waals surface area contributed by atoms with Gasteiger partial charge in [0.1, 0.15) is 0 Å². The number of rotatable bonds is 1. The maximum absolute atomic E-state index is 12.5. The Morgan fingerprint density at radius 2 is 1.76 bits per heavy atom. The fourth-order valence-corrected chi connectivity index (χ4v) is 3.23. The predicted molar refractivity (Wildman–Crippen MR) is 81.1 cm³/mol. The van der Waals surface area contributed by atoms with E-state index in [0.717, 1.165) is 16.6 Å². The van der Waals surface area contributed by atoms with E-state index in [1.165, 1.54) is 0 Å². The van der Waals surface area contributed by atoms with Crippen molar-refractivity contribution in [2.24, 2.45) is 0 Å². The minimum atomic E-state index is -1.65. The van der Waals surface area contributed by atoms with Crippen LogP contribution >= 0.6 is 0 Å². The van der Waals surface area contributed by atoms with Gasteiger partial charge in [-0.15, -0.1) is 0 Å². The van der Waals surface area contributed by atoms with Crippen LogP contribution in [0.5, 0.6) is 0 Å². The van der Waals surface area contributed by atoms with Crippen LogP contribution in [0.15, 0.2) is 48.5 Å². The Labute approximate surface area is 121 Å². The molecule has 0 bridgehead atoms. The van der Waals surface area contributed by atoms with Crippen molar-refractivity contribution >= 4 is 22.5 Å². The van der Waals surface area contributed by atoms with Gasteiger partial charge in [0.15, 0.2) is 5.60 Å². The first kappa shape index (κ1) is 12.2. The maximum atomic E-state index is 12.5. The highest BCUT2D eigenvalue weighted by molar-refractivity contribution is 6.09. The minimum absolute atomic E-state index is 0.406. The lowest BCUT2D eigenvalue weighted by Crippen LogP contribution is -2.35. The Hall–Kier alpha value is -2.59. The van der Waals surface area contributed by atoms with Crippen LogP contribution in [0.4, 0.5) is 5.69 Å². The monoisotopic (exact) mass is 278 g/mol. The van der Waals surface area contributed by atoms with Crippen molar-refractivity contribution in [3.8, 4) is 0 Å². The molecule has 0 spiro atoms. The molecule has 1 atom stereocenters. The number of anilines is 1. The van der Waals surface area contributed by atoms with E-state index in [4.69, 9.17) is 0 Å². The summed E-state index contributed by atoms with van der Waals surface area (Å²) in [5, 5.41) is 14.8. The van der Waals surface area contributed by atoms with E-state index in [1.54, 1.807) is 12.1 Å². The van der Waals surface area contributed by atoms with E-state index in [0.29, 0.717) is 16.8 Å². The Balaban J connectivity index is 2.08. The van der Waals surface area contributed by atoms with Gasteiger partial charge in [-0.1, -0.05) is 36.4 Å². The summed E-state index contributed by atoms with van der Waals surface area (Å²) in [5.74, 6) is -0.406. The highest BCUT2D eigenvalue weighted by Crippen LogP contribution is 2.44. The summed E-state index contributed by atoms with van der Waals surface area (Å²) >= 11 is 0. The quantitative estimate of drug-likeness (QED) is 0.640. The summed E-state index contributed by atoms with van der Waals surface area (Å²) in [4.78, 5) is 15.7. The number of amides is 1. The number of para-hydroxylation sites is 2. The zero-order valence-electron chi connectivity index (χ0n) is 11.5. The van der Waals surface area contributed by atoms with E-state index in [2.05, 4.69) is 10.3 Å². The van der Waals surface area contributed by atoms with Crippen LogP contribution in [0.1, 0.15) is 16.8 Å². The average molecular weight is 278 g/mol. The van der Waals surface area contributed by atoms with Crippen LogP contribution in [-0.2, 0) is 10.4 Å². The van der Waals surface area contributed by atoms with E-state index in [-0.39, 0.29) is 0 Å². The van der Waals surface area contributed by atoms with Gasteiger partial charge < -0.3 is 15.4 Å². The number of hydrogen-bond acceptors (Lipinski definition) is 2. The smallest absolute Gasteiger partial charge is 0.265 e. The van der Waals surface area contributed by atoms with Crippen molar-refractivity contribution in [2.45, 2.75) is 12.5 Å². The number of carbonyl (C=O) groups excluding carboxylic acids is 1. The average Bonchev–Trinajstić information content (AvgIpc) is 2.94. The first-order valence-electron chi connectivity index (χ1n) is 6.83. The summed E-state index contributed by atoms with van der Waals surface area (Å²) in [6.07, 6.45) is 0. The molecule has 3 N–H and O–H groups in total. The van der Waals surface area contributed by atoms with Crippen LogP contribution in [0, 0.1) is 6.92 Å². The summed E-state index contributed by atoms with van der Waals surface area (Å²) < 4.78 is 0. The number of aromatic amines is 1. The number of aryl methyl sites for hydroxylation is 1. The molecule has 1 amide bonds. The van der Waals surface area contributed by atoms with Crippen LogP contribution in [0.3, 0.4) is 0 Å². The third-order valence-corrected chi connectivity index (χ3v) is 4.15. The number of nitrogens with one attached hydrogen (secondary N) is 2. The second-order valence-electron chi connectivity index (χ2n) is 5.38. The van der Waals surface area contributed by atoms with Gasteiger partial charge in [-0.05, 0) is 19.1 Å². The highest BCUT2D eigenvalue weighted by Gasteiger charge is 2.48. The summed E-state index contributed by atoms with van der Waals surface area (Å²) in [6, 6.07) is 14.9. The molecular weight excluding hydrogens is 264 g/mol. The number of H-pyrrole nitrogens is 1. The molecule has 0 saturated heterocycles. The number of fused-ring (bicyclic) bond motifs is 2. The Kier molecular flexibility index (Phi) is 2.30. The lowest BCUT2D eigenvalue weighted by atomic mass is 9.85. The largest absolute Gasteiger partial charge is 0.372 e. The van der Waals surface area contributed by atoms with Gasteiger partial charge >= 0.3 is 0 Å². The lowest BCUT2D eigenvalue weighted by Gasteiger charge is -2.21. The van der Waals surface area contributed by atoms with E-state index >= 15 is 0 Å². The molecule has 4 heteroatoms. The second-order valence-corrected chi connectivity index (χ2v) is 5.38. The predicted octanol–water partition coefficient (Wildman–Crippen LogP) is 2.66. The third-order valence-electron chi connectivity index (χ3n) is 4.15. The number of aromatic nitrogens is 1. The second kappa shape index (κ2) is 3.96. The zero-order chi connectivity index (χ0) is 14.6. The molecule has 2 aromatic carbocycles. The van der Waals surface area contributed by atoms with Gasteiger partial charge in [0.2, 0.25) is 0 Å². The van der Waals surface area contributed by atoms with Crippen molar-refractivity contribution < 1.29 is 9.90 Å². The molecule has 1 aliphatic heterocycles. The SMILES string of the molecule is Cc1[nH]c2ccccc2c1[C@]1(O)C(=O)Nc2ccccc21. The standard InChI is InChI=1S/C17H14N2O2/c1-10-15(11-6-2-4-8-13(11)18-10)17(21)12-7-3-5-9-14(12)19-16(17)20/h2-9,18,21H,1H3,(H,19,20)/t17-/m0/s1. The van der Waals surface area contributed by atoms with Crippen LogP contribution in [-0.4, -0.2) is 16.0 Å². The molecule has 0 unspecified atom stereocenters. The number of carbonyl (C=O) groups is 1. The summed E-state index contributed by atoms with van der Waals surface area (Å²) in [6.45, 7) is 1.88. The fraction of sp³-hybridized carbons (Fsp3) is 0.118. The van der Waals surface area contributed by atoms with Gasteiger partial charge in [0.05, 0.1) is 0 Å². The molecule has 0 fully saturated rings. The van der Waals surface area contributed by atoms with Crippen LogP contribution in [0.25, 0.3) is 10.9 Å². The van der Waals surface area contributed by atoms with Crippen LogP contribution in [0.2, 0.25) is 0 Å². The van der Waals surface area contributed by atoms with Crippen molar-refractivity contribution in [1.82, 2.24) is 4.98 Å². The Morgan fingerprint density at radius 3 is 2.62 bits per heavy atom. The van der Waals surface area contributed by atoms with Gasteiger partial charge in [0, 0.05) is 33.4 Å². The third kappa shape index (κ3) is 1.45. The van der Waals surface area contributed by atoms with Gasteiger partial charge in [0.25, 0.3) is 5.91 Å². The first-order valence-corrected chi connectivity index (χ1v) is 6.83. The van der Waals surface area contributed by atoms with E-state index in [9.17, 15) is 9.90 Å². The van der Waals surface area contributed by atoms with Crippen LogP contribution < -0.4 is 5.32 Å². The lowest BCUT2D eigenvalue weighted by molar-refractivity contribution is -0.129. The Morgan fingerprint density at radius 1 is 1.05 bits per heavy atom. The van der Waals surface area contributed by atoms with Gasteiger partial charge in [-0.3, -0.25) is 4.79 Å².